The number of carbonyl (C=O) groups is 1. The van der Waals surface area contributed by atoms with Crippen molar-refractivity contribution in [2.45, 2.75) is 156 Å². The molecule has 22 atom stereocenters. The van der Waals surface area contributed by atoms with Crippen LogP contribution < -0.4 is 0 Å². The average molecular weight is 1300 g/mol. The lowest BCUT2D eigenvalue weighted by Gasteiger charge is -2.48. The van der Waals surface area contributed by atoms with Gasteiger partial charge in [-0.2, -0.15) is 0 Å². The first-order chi connectivity index (χ1) is 39.8. The number of carbonyl (C=O) groups excluding carboxylic acids is 1. The third kappa shape index (κ3) is 20.7. The SMILES string of the molecule is CC.CI.CO.CO[C@H]1O[C@@H]2COC(c3ccccc3)O[C@H]2[C@H](O)[C@H]1O.CO[C@H]1O[C@@H]2COC(c3ccccc3)O[C@H]2[C@H](OC)[C@H]1OC.CO[C@H]1O[C@H](CO)[C@@H](O)[C@H](OC)[C@H]1OC.CO[C@H]1O[C@H](COC(C)=O)[C@@H](OC)[C@H](OC)[C@H]1OC. The summed E-state index contributed by atoms with van der Waals surface area (Å²) in [5.74, 6) is -0.379. The van der Waals surface area contributed by atoms with Gasteiger partial charge in [-0.05, 0) is 4.93 Å². The third-order valence-electron chi connectivity index (χ3n) is 13.4. The number of rotatable bonds is 16. The molecule has 476 valence electrons. The van der Waals surface area contributed by atoms with E-state index < -0.39 is 105 Å². The van der Waals surface area contributed by atoms with E-state index in [4.69, 9.17) is 105 Å². The molecule has 6 fully saturated rings. The Morgan fingerprint density at radius 1 is 0.463 bits per heavy atom. The van der Waals surface area contributed by atoms with Crippen LogP contribution in [0.5, 0.6) is 0 Å². The number of methoxy groups -OCH3 is 11. The first kappa shape index (κ1) is 75.8. The van der Waals surface area contributed by atoms with Gasteiger partial charge in [-0.15, -0.1) is 0 Å². The Labute approximate surface area is 496 Å². The highest BCUT2D eigenvalue weighted by Gasteiger charge is 2.52. The standard InChI is InChI=1S/C16H22O6.C14H18O6.C12H22O7.C9H18O6.C2H6.CH3I.CH4O/c1-17-13-12-11(21-16(19-3)14(13)18-2)9-20-15(22-12)10-7-5-4-6-8-10;1-17-14-11(16)10(15)12-9(19-14)7-18-13(20-12)8-5-3-2-4-6-8;1-7(13)18-6-8-9(14-2)10(15-3)11(16-4)12(17-5)19-8;1-12-7-6(11)5(4-10)15-9(14-3)8(7)13-2;3*1-2/h4-8,11-16H,9H2,1-3H3;2-6,9-16H,7H2,1H3;8-12H,6H2,1-5H3;5-11H,4H2,1-3H3;1-2H3;1H3;2H,1H3/t11-,12-,13+,14-,15?,16+;9-,10-,11-,12-,13?,14+;8-,9-,10+,11-,12+;5-,6-,7+,8-,9+;;;/m1111.../s1. The fourth-order valence-electron chi connectivity index (χ4n) is 9.54. The van der Waals surface area contributed by atoms with Gasteiger partial charge in [-0.3, -0.25) is 4.79 Å². The molecule has 26 nitrogen and oxygen atoms in total. The first-order valence-corrected chi connectivity index (χ1v) is 28.6. The van der Waals surface area contributed by atoms with Gasteiger partial charge in [0.2, 0.25) is 0 Å². The number of ether oxygens (including phenoxy) is 20. The van der Waals surface area contributed by atoms with Crippen LogP contribution in [0.15, 0.2) is 60.7 Å². The lowest BCUT2D eigenvalue weighted by molar-refractivity contribution is -0.363. The third-order valence-corrected chi connectivity index (χ3v) is 13.4. The van der Waals surface area contributed by atoms with Crippen molar-refractivity contribution in [3.63, 3.8) is 0 Å². The number of hydrogen-bond donors (Lipinski definition) is 5. The molecular weight excluding hydrogens is 1200 g/mol. The van der Waals surface area contributed by atoms with Crippen LogP contribution in [0.4, 0.5) is 0 Å². The lowest BCUT2D eigenvalue weighted by Crippen LogP contribution is -2.63. The van der Waals surface area contributed by atoms with E-state index in [1.165, 1.54) is 42.5 Å². The maximum atomic E-state index is 10.9. The highest BCUT2D eigenvalue weighted by atomic mass is 127. The minimum absolute atomic E-state index is 0.0734. The van der Waals surface area contributed by atoms with E-state index in [1.807, 2.05) is 79.4 Å². The highest BCUT2D eigenvalue weighted by molar-refractivity contribution is 14.1. The number of benzene rings is 2. The topological polar surface area (TPSA) is 303 Å². The number of alkyl halides is 1. The average Bonchev–Trinajstić information content (AvgIpc) is 3.64. The summed E-state index contributed by atoms with van der Waals surface area (Å²) in [4.78, 5) is 12.9. The molecule has 0 spiro atoms. The molecule has 5 N–H and O–H groups in total. The molecule has 0 aromatic heterocycles. The summed E-state index contributed by atoms with van der Waals surface area (Å²) in [6.45, 7) is 5.81. The Balaban J connectivity index is 0.000000365. The summed E-state index contributed by atoms with van der Waals surface area (Å²) in [5, 5.41) is 45.9. The Hall–Kier alpha value is -2.32. The highest BCUT2D eigenvalue weighted by Crippen LogP contribution is 2.37. The second-order valence-electron chi connectivity index (χ2n) is 17.8. The smallest absolute Gasteiger partial charge is 0.302 e. The Kier molecular flexibility index (Phi) is 38.6. The van der Waals surface area contributed by atoms with E-state index in [-0.39, 0.29) is 56.3 Å². The van der Waals surface area contributed by atoms with Gasteiger partial charge in [0, 0.05) is 103 Å². The maximum absolute atomic E-state index is 10.9. The van der Waals surface area contributed by atoms with Gasteiger partial charge < -0.3 is 120 Å². The molecular formula is C55H93IO26. The van der Waals surface area contributed by atoms with Crippen molar-refractivity contribution in [2.24, 2.45) is 0 Å². The Morgan fingerprint density at radius 2 is 0.841 bits per heavy atom. The lowest BCUT2D eigenvalue weighted by atomic mass is 9.97. The van der Waals surface area contributed by atoms with Crippen LogP contribution in [0, 0.1) is 0 Å². The molecule has 27 heteroatoms. The minimum Gasteiger partial charge on any atom is -0.463 e. The van der Waals surface area contributed by atoms with Gasteiger partial charge in [-0.1, -0.05) is 97.1 Å². The number of hydrogen-bond acceptors (Lipinski definition) is 26. The molecule has 0 radical (unpaired) electrons. The molecule has 0 aliphatic carbocycles. The van der Waals surface area contributed by atoms with Crippen molar-refractivity contribution in [1.29, 1.82) is 0 Å². The monoisotopic (exact) mass is 1300 g/mol. The molecule has 2 aromatic rings. The molecule has 6 aliphatic heterocycles. The molecule has 2 unspecified atom stereocenters. The van der Waals surface area contributed by atoms with E-state index in [2.05, 4.69) is 22.6 Å². The van der Waals surface area contributed by atoms with Crippen molar-refractivity contribution >= 4 is 28.6 Å². The molecule has 2 aromatic carbocycles. The number of fused-ring (bicyclic) bond motifs is 2. The molecule has 0 saturated carbocycles. The summed E-state index contributed by atoms with van der Waals surface area (Å²) in [5.41, 5.74) is 1.83. The van der Waals surface area contributed by atoms with Crippen LogP contribution >= 0.6 is 22.6 Å². The van der Waals surface area contributed by atoms with Crippen molar-refractivity contribution in [3.8, 4) is 0 Å². The second-order valence-corrected chi connectivity index (χ2v) is 17.8. The Bertz CT molecular complexity index is 1900. The van der Waals surface area contributed by atoms with E-state index in [9.17, 15) is 20.1 Å². The van der Waals surface area contributed by atoms with E-state index in [0.717, 1.165) is 18.2 Å². The maximum Gasteiger partial charge on any atom is 0.302 e. The van der Waals surface area contributed by atoms with Crippen molar-refractivity contribution in [3.05, 3.63) is 71.8 Å². The summed E-state index contributed by atoms with van der Waals surface area (Å²) in [7, 11) is 17.8. The quantitative estimate of drug-likeness (QED) is 0.0913. The number of aliphatic hydroxyl groups excluding tert-OH is 5. The van der Waals surface area contributed by atoms with Crippen LogP contribution in [-0.4, -0.2) is 271 Å². The zero-order valence-electron chi connectivity index (χ0n) is 50.0. The van der Waals surface area contributed by atoms with E-state index in [0.29, 0.717) is 6.61 Å². The fourth-order valence-corrected chi connectivity index (χ4v) is 9.54. The first-order valence-electron chi connectivity index (χ1n) is 26.4. The van der Waals surface area contributed by atoms with Gasteiger partial charge in [0.15, 0.2) is 37.7 Å². The van der Waals surface area contributed by atoms with Gasteiger partial charge in [0.25, 0.3) is 0 Å². The summed E-state index contributed by atoms with van der Waals surface area (Å²) >= 11 is 2.15. The van der Waals surface area contributed by atoms with Crippen LogP contribution in [0.3, 0.4) is 0 Å². The number of esters is 1. The normalized spacial score (nSPS) is 36.4. The largest absolute Gasteiger partial charge is 0.463 e. The van der Waals surface area contributed by atoms with Crippen LogP contribution in [0.1, 0.15) is 44.5 Å². The second kappa shape index (κ2) is 41.7. The predicted octanol–water partition coefficient (Wildman–Crippen LogP) is 2.09. The molecule has 6 aliphatic rings. The van der Waals surface area contributed by atoms with Crippen molar-refractivity contribution in [1.82, 2.24) is 0 Å². The predicted molar refractivity (Wildman–Crippen MR) is 299 cm³/mol. The molecule has 6 saturated heterocycles. The number of aliphatic hydroxyl groups is 5. The van der Waals surface area contributed by atoms with Crippen molar-refractivity contribution in [2.75, 3.05) is 117 Å². The molecule has 0 amide bonds. The van der Waals surface area contributed by atoms with Gasteiger partial charge >= 0.3 is 5.97 Å². The summed E-state index contributed by atoms with van der Waals surface area (Å²) < 4.78 is 109. The van der Waals surface area contributed by atoms with Gasteiger partial charge in [0.05, 0.1) is 19.8 Å². The zero-order chi connectivity index (χ0) is 61.5. The molecule has 82 heavy (non-hydrogen) atoms. The zero-order valence-corrected chi connectivity index (χ0v) is 52.1. The van der Waals surface area contributed by atoms with Crippen LogP contribution in [-0.2, 0) is 99.5 Å². The molecule has 0 bridgehead atoms. The van der Waals surface area contributed by atoms with Crippen LogP contribution in [0.25, 0.3) is 0 Å². The Morgan fingerprint density at radius 3 is 1.26 bits per heavy atom. The number of halogens is 1. The fraction of sp³-hybridized carbons (Fsp3) is 0.764. The van der Waals surface area contributed by atoms with Crippen molar-refractivity contribution < 1.29 is 125 Å². The van der Waals surface area contributed by atoms with E-state index in [1.54, 1.807) is 42.7 Å². The molecule has 8 rings (SSSR count). The van der Waals surface area contributed by atoms with Gasteiger partial charge in [0.1, 0.15) is 104 Å². The minimum atomic E-state index is -1.14. The van der Waals surface area contributed by atoms with Crippen LogP contribution in [0.2, 0.25) is 0 Å². The van der Waals surface area contributed by atoms with Gasteiger partial charge in [-0.25, -0.2) is 0 Å². The summed E-state index contributed by atoms with van der Waals surface area (Å²) in [6.07, 6.45) is -12.6. The summed E-state index contributed by atoms with van der Waals surface area (Å²) in [6, 6.07) is 19.3. The van der Waals surface area contributed by atoms with E-state index >= 15 is 0 Å². The molecule has 6 heterocycles.